The van der Waals surface area contributed by atoms with Gasteiger partial charge < -0.3 is 15.4 Å². The van der Waals surface area contributed by atoms with Crippen LogP contribution in [-0.2, 0) is 9.53 Å². The normalized spacial score (nSPS) is 17.6. The van der Waals surface area contributed by atoms with Gasteiger partial charge in [-0.25, -0.2) is 0 Å². The molecule has 1 aromatic rings. The maximum atomic E-state index is 12.5. The summed E-state index contributed by atoms with van der Waals surface area (Å²) in [5, 5.41) is 0.679. The summed E-state index contributed by atoms with van der Waals surface area (Å²) >= 11 is 6.24. The zero-order valence-electron chi connectivity index (χ0n) is 11.9. The number of rotatable bonds is 6. The second-order valence-electron chi connectivity index (χ2n) is 5.24. The zero-order chi connectivity index (χ0) is 14.7. The molecule has 0 aromatic heterocycles. The van der Waals surface area contributed by atoms with Crippen LogP contribution in [-0.4, -0.2) is 36.6 Å². The molecule has 2 rings (SSSR count). The summed E-state index contributed by atoms with van der Waals surface area (Å²) in [5.74, 6) is -0.0678. The van der Waals surface area contributed by atoms with E-state index in [0.717, 1.165) is 18.4 Å². The van der Waals surface area contributed by atoms with Gasteiger partial charge in [0.2, 0.25) is 5.91 Å². The summed E-state index contributed by atoms with van der Waals surface area (Å²) in [5.41, 5.74) is 6.86. The summed E-state index contributed by atoms with van der Waals surface area (Å²) in [6, 6.07) is 7.20. The molecule has 1 aliphatic rings. The molecule has 1 saturated carbocycles. The summed E-state index contributed by atoms with van der Waals surface area (Å²) in [6.45, 7) is 2.23. The summed E-state index contributed by atoms with van der Waals surface area (Å²) in [7, 11) is 1.55. The van der Waals surface area contributed by atoms with Crippen LogP contribution < -0.4 is 5.73 Å². The lowest BCUT2D eigenvalue weighted by Gasteiger charge is -2.32. The van der Waals surface area contributed by atoms with E-state index in [0.29, 0.717) is 5.02 Å². The topological polar surface area (TPSA) is 55.6 Å². The molecule has 0 saturated heterocycles. The van der Waals surface area contributed by atoms with Gasteiger partial charge >= 0.3 is 0 Å². The third-order valence-corrected chi connectivity index (χ3v) is 3.97. The first-order valence-corrected chi connectivity index (χ1v) is 7.25. The van der Waals surface area contributed by atoms with Crippen LogP contribution in [0.1, 0.15) is 31.4 Å². The molecule has 2 atom stereocenters. The molecule has 0 radical (unpaired) electrons. The van der Waals surface area contributed by atoms with Crippen molar-refractivity contribution in [2.24, 2.45) is 5.73 Å². The number of ether oxygens (including phenoxy) is 1. The highest BCUT2D eigenvalue weighted by Crippen LogP contribution is 2.36. The van der Waals surface area contributed by atoms with Crippen LogP contribution in [0.4, 0.5) is 0 Å². The van der Waals surface area contributed by atoms with E-state index in [1.807, 2.05) is 36.1 Å². The molecule has 4 nitrogen and oxygen atoms in total. The summed E-state index contributed by atoms with van der Waals surface area (Å²) < 4.78 is 4.99. The van der Waals surface area contributed by atoms with E-state index in [2.05, 4.69) is 0 Å². The van der Waals surface area contributed by atoms with Gasteiger partial charge in [0, 0.05) is 18.2 Å². The SMILES string of the molecule is COCC(N)C(=O)N(C1CC1)C(C)c1ccccc1Cl. The van der Waals surface area contributed by atoms with Gasteiger partial charge in [-0.15, -0.1) is 0 Å². The van der Waals surface area contributed by atoms with E-state index in [1.54, 1.807) is 7.11 Å². The number of halogens is 1. The van der Waals surface area contributed by atoms with Crippen LogP contribution in [0.25, 0.3) is 0 Å². The minimum Gasteiger partial charge on any atom is -0.383 e. The number of carbonyl (C=O) groups is 1. The quantitative estimate of drug-likeness (QED) is 0.877. The van der Waals surface area contributed by atoms with Gasteiger partial charge in [0.1, 0.15) is 6.04 Å². The van der Waals surface area contributed by atoms with Gasteiger partial charge in [-0.2, -0.15) is 0 Å². The molecule has 0 aliphatic heterocycles. The van der Waals surface area contributed by atoms with Gasteiger partial charge in [0.15, 0.2) is 0 Å². The van der Waals surface area contributed by atoms with E-state index >= 15 is 0 Å². The molecule has 0 spiro atoms. The molecule has 20 heavy (non-hydrogen) atoms. The van der Waals surface area contributed by atoms with Gasteiger partial charge in [0.05, 0.1) is 12.6 Å². The van der Waals surface area contributed by atoms with Crippen molar-refractivity contribution < 1.29 is 9.53 Å². The van der Waals surface area contributed by atoms with Crippen LogP contribution in [0.2, 0.25) is 5.02 Å². The van der Waals surface area contributed by atoms with Crippen molar-refractivity contribution >= 4 is 17.5 Å². The molecule has 1 aromatic carbocycles. The van der Waals surface area contributed by atoms with Crippen LogP contribution >= 0.6 is 11.6 Å². The Labute approximate surface area is 124 Å². The number of methoxy groups -OCH3 is 1. The lowest BCUT2D eigenvalue weighted by molar-refractivity contribution is -0.136. The fraction of sp³-hybridized carbons (Fsp3) is 0.533. The smallest absolute Gasteiger partial charge is 0.242 e. The van der Waals surface area contributed by atoms with Crippen LogP contribution in [0, 0.1) is 0 Å². The van der Waals surface area contributed by atoms with Crippen molar-refractivity contribution in [2.75, 3.05) is 13.7 Å². The Morgan fingerprint density at radius 2 is 2.15 bits per heavy atom. The number of carbonyl (C=O) groups excluding carboxylic acids is 1. The molecule has 1 aliphatic carbocycles. The first-order valence-electron chi connectivity index (χ1n) is 6.87. The van der Waals surface area contributed by atoms with Crippen molar-refractivity contribution in [1.82, 2.24) is 4.90 Å². The second kappa shape index (κ2) is 6.57. The standard InChI is InChI=1S/C15H21ClN2O2/c1-10(12-5-3-4-6-13(12)16)18(11-7-8-11)15(19)14(17)9-20-2/h3-6,10-11,14H,7-9,17H2,1-2H3. The molecule has 0 bridgehead atoms. The lowest BCUT2D eigenvalue weighted by Crippen LogP contribution is -2.48. The fourth-order valence-corrected chi connectivity index (χ4v) is 2.74. The molecule has 2 unspecified atom stereocenters. The summed E-state index contributed by atoms with van der Waals surface area (Å²) in [6.07, 6.45) is 2.06. The van der Waals surface area contributed by atoms with E-state index in [4.69, 9.17) is 22.1 Å². The van der Waals surface area contributed by atoms with Crippen molar-refractivity contribution in [3.63, 3.8) is 0 Å². The Bertz CT molecular complexity index is 477. The molecular formula is C15H21ClN2O2. The van der Waals surface area contributed by atoms with Crippen molar-refractivity contribution in [3.05, 3.63) is 34.9 Å². The molecule has 2 N–H and O–H groups in total. The molecule has 5 heteroatoms. The number of amides is 1. The lowest BCUT2D eigenvalue weighted by atomic mass is 10.1. The zero-order valence-corrected chi connectivity index (χ0v) is 12.6. The fourth-order valence-electron chi connectivity index (χ4n) is 2.45. The van der Waals surface area contributed by atoms with Gasteiger partial charge in [0.25, 0.3) is 0 Å². The van der Waals surface area contributed by atoms with Crippen molar-refractivity contribution in [2.45, 2.75) is 37.9 Å². The third kappa shape index (κ3) is 3.32. The predicted octanol–water partition coefficient (Wildman–Crippen LogP) is 2.37. The highest BCUT2D eigenvalue weighted by atomic mass is 35.5. The number of benzene rings is 1. The van der Waals surface area contributed by atoms with Crippen molar-refractivity contribution in [3.8, 4) is 0 Å². The van der Waals surface area contributed by atoms with E-state index in [9.17, 15) is 4.79 Å². The molecule has 0 heterocycles. The van der Waals surface area contributed by atoms with Gasteiger partial charge in [-0.05, 0) is 31.4 Å². The second-order valence-corrected chi connectivity index (χ2v) is 5.64. The van der Waals surface area contributed by atoms with Crippen LogP contribution in [0.3, 0.4) is 0 Å². The first kappa shape index (κ1) is 15.3. The first-order chi connectivity index (χ1) is 9.56. The van der Waals surface area contributed by atoms with E-state index in [1.165, 1.54) is 0 Å². The van der Waals surface area contributed by atoms with Gasteiger partial charge in [-0.1, -0.05) is 29.8 Å². The monoisotopic (exact) mass is 296 g/mol. The molecule has 110 valence electrons. The number of nitrogens with zero attached hydrogens (tertiary/aromatic N) is 1. The Balaban J connectivity index is 2.20. The average Bonchev–Trinajstić information content (AvgIpc) is 3.24. The Morgan fingerprint density at radius 1 is 1.50 bits per heavy atom. The third-order valence-electron chi connectivity index (χ3n) is 3.63. The summed E-state index contributed by atoms with van der Waals surface area (Å²) in [4.78, 5) is 14.4. The molecular weight excluding hydrogens is 276 g/mol. The number of hydrogen-bond donors (Lipinski definition) is 1. The largest absolute Gasteiger partial charge is 0.383 e. The number of hydrogen-bond acceptors (Lipinski definition) is 3. The Hall–Kier alpha value is -1.10. The Morgan fingerprint density at radius 3 is 2.70 bits per heavy atom. The Kier molecular flexibility index (Phi) is 5.02. The maximum Gasteiger partial charge on any atom is 0.242 e. The minimum atomic E-state index is -0.620. The van der Waals surface area contributed by atoms with Crippen LogP contribution in [0.15, 0.2) is 24.3 Å². The van der Waals surface area contributed by atoms with E-state index in [-0.39, 0.29) is 24.6 Å². The molecule has 1 amide bonds. The van der Waals surface area contributed by atoms with E-state index < -0.39 is 6.04 Å². The molecule has 1 fully saturated rings. The number of nitrogens with two attached hydrogens (primary N) is 1. The highest BCUT2D eigenvalue weighted by molar-refractivity contribution is 6.31. The van der Waals surface area contributed by atoms with Crippen LogP contribution in [0.5, 0.6) is 0 Å². The maximum absolute atomic E-state index is 12.5. The predicted molar refractivity (Wildman–Crippen MR) is 79.6 cm³/mol. The van der Waals surface area contributed by atoms with Gasteiger partial charge in [-0.3, -0.25) is 4.79 Å². The van der Waals surface area contributed by atoms with Crippen molar-refractivity contribution in [1.29, 1.82) is 0 Å². The highest BCUT2D eigenvalue weighted by Gasteiger charge is 2.38. The average molecular weight is 297 g/mol. The minimum absolute atomic E-state index is 0.0678.